The Kier molecular flexibility index (Phi) is 6.48. The first-order valence-corrected chi connectivity index (χ1v) is 11.1. The number of nitrogens with one attached hydrogen (secondary N) is 1. The molecule has 1 N–H and O–H groups in total. The Bertz CT molecular complexity index is 1300. The number of benzene rings is 2. The van der Waals surface area contributed by atoms with Gasteiger partial charge < -0.3 is 14.5 Å². The van der Waals surface area contributed by atoms with Gasteiger partial charge in [-0.15, -0.1) is 10.2 Å². The first-order valence-electron chi connectivity index (χ1n) is 9.72. The predicted molar refractivity (Wildman–Crippen MR) is 123 cm³/mol. The van der Waals surface area contributed by atoms with Gasteiger partial charge in [-0.05, 0) is 43.3 Å². The Morgan fingerprint density at radius 2 is 2.00 bits per heavy atom. The number of nitrogens with zero attached hydrogens (tertiary/aromatic N) is 3. The molecule has 10 heteroatoms. The van der Waals surface area contributed by atoms with Crippen molar-refractivity contribution in [2.75, 3.05) is 18.2 Å². The summed E-state index contributed by atoms with van der Waals surface area (Å²) in [6.07, 6.45) is 0. The first kappa shape index (κ1) is 21.9. The summed E-state index contributed by atoms with van der Waals surface area (Å²) in [6.45, 7) is 2.55. The molecule has 2 aromatic heterocycles. The number of amides is 1. The molecule has 0 bridgehead atoms. The zero-order chi connectivity index (χ0) is 22.7. The van der Waals surface area contributed by atoms with Crippen molar-refractivity contribution in [1.29, 1.82) is 0 Å². The molecule has 4 rings (SSSR count). The molecule has 164 valence electrons. The molecule has 2 heterocycles. The molecule has 0 unspecified atom stereocenters. The molecular formula is C22H19ClN4O4S. The van der Waals surface area contributed by atoms with Crippen LogP contribution in [-0.4, -0.2) is 39.5 Å². The average Bonchev–Trinajstić information content (AvgIpc) is 3.40. The number of thioether (sulfide) groups is 1. The molecule has 0 saturated carbocycles. The van der Waals surface area contributed by atoms with Gasteiger partial charge in [-0.2, -0.15) is 0 Å². The van der Waals surface area contributed by atoms with Crippen LogP contribution in [0.1, 0.15) is 17.3 Å². The van der Waals surface area contributed by atoms with Crippen molar-refractivity contribution in [1.82, 2.24) is 14.8 Å². The summed E-state index contributed by atoms with van der Waals surface area (Å²) in [7, 11) is 1.29. The van der Waals surface area contributed by atoms with Crippen LogP contribution in [0.4, 0.5) is 5.69 Å². The minimum absolute atomic E-state index is 0.0867. The normalized spacial score (nSPS) is 11.0. The van der Waals surface area contributed by atoms with Crippen LogP contribution in [0.15, 0.2) is 58.1 Å². The van der Waals surface area contributed by atoms with Gasteiger partial charge in [0.2, 0.25) is 11.7 Å². The van der Waals surface area contributed by atoms with Crippen molar-refractivity contribution >= 4 is 51.9 Å². The number of fused-ring (bicyclic) bond motifs is 1. The molecule has 0 saturated heterocycles. The molecule has 0 aliphatic heterocycles. The van der Waals surface area contributed by atoms with Gasteiger partial charge in [-0.25, -0.2) is 4.79 Å². The molecule has 1 amide bonds. The molecule has 32 heavy (non-hydrogen) atoms. The lowest BCUT2D eigenvalue weighted by molar-refractivity contribution is -0.113. The number of hydrogen-bond donors (Lipinski definition) is 1. The monoisotopic (exact) mass is 470 g/mol. The molecule has 4 aromatic rings. The predicted octanol–water partition coefficient (Wildman–Crippen LogP) is 4.88. The third-order valence-electron chi connectivity index (χ3n) is 4.67. The highest BCUT2D eigenvalue weighted by Crippen LogP contribution is 2.30. The number of halogens is 1. The van der Waals surface area contributed by atoms with Gasteiger partial charge in [0.05, 0.1) is 24.1 Å². The van der Waals surface area contributed by atoms with E-state index in [0.717, 1.165) is 5.39 Å². The van der Waals surface area contributed by atoms with E-state index in [1.54, 1.807) is 36.4 Å². The third kappa shape index (κ3) is 4.49. The van der Waals surface area contributed by atoms with Crippen LogP contribution in [0.25, 0.3) is 22.6 Å². The SMILES string of the molecule is CCn1c(SCC(=O)Nc2ccccc2C(=O)OC)nnc1-c1cc2cc(Cl)ccc2o1. The van der Waals surface area contributed by atoms with Gasteiger partial charge in [0.15, 0.2) is 10.9 Å². The number of para-hydroxylation sites is 1. The molecule has 8 nitrogen and oxygen atoms in total. The van der Waals surface area contributed by atoms with E-state index in [-0.39, 0.29) is 17.2 Å². The molecule has 0 spiro atoms. The first-order chi connectivity index (χ1) is 15.5. The van der Waals surface area contributed by atoms with E-state index < -0.39 is 5.97 Å². The number of carbonyl (C=O) groups is 2. The van der Waals surface area contributed by atoms with Crippen LogP contribution in [0, 0.1) is 0 Å². The van der Waals surface area contributed by atoms with Crippen LogP contribution in [0.3, 0.4) is 0 Å². The summed E-state index contributed by atoms with van der Waals surface area (Å²) in [6, 6.07) is 13.9. The van der Waals surface area contributed by atoms with Gasteiger partial charge in [-0.1, -0.05) is 35.5 Å². The molecule has 0 aliphatic rings. The van der Waals surface area contributed by atoms with Crippen LogP contribution >= 0.6 is 23.4 Å². The van der Waals surface area contributed by atoms with E-state index in [2.05, 4.69) is 15.5 Å². The summed E-state index contributed by atoms with van der Waals surface area (Å²) in [4.78, 5) is 24.4. The fourth-order valence-electron chi connectivity index (χ4n) is 3.18. The Labute approximate surface area is 192 Å². The van der Waals surface area contributed by atoms with E-state index in [9.17, 15) is 9.59 Å². The zero-order valence-corrected chi connectivity index (χ0v) is 18.9. The van der Waals surface area contributed by atoms with Crippen molar-refractivity contribution < 1.29 is 18.7 Å². The Morgan fingerprint density at radius 3 is 2.78 bits per heavy atom. The second-order valence-electron chi connectivity index (χ2n) is 6.72. The van der Waals surface area contributed by atoms with Gasteiger partial charge in [0, 0.05) is 17.0 Å². The van der Waals surface area contributed by atoms with Crippen molar-refractivity contribution in [3.05, 3.63) is 59.1 Å². The van der Waals surface area contributed by atoms with Crippen molar-refractivity contribution in [2.45, 2.75) is 18.6 Å². The highest BCUT2D eigenvalue weighted by atomic mass is 35.5. The van der Waals surface area contributed by atoms with E-state index >= 15 is 0 Å². The minimum atomic E-state index is -0.518. The minimum Gasteiger partial charge on any atom is -0.465 e. The Hall–Kier alpha value is -3.30. The topological polar surface area (TPSA) is 99.2 Å². The zero-order valence-electron chi connectivity index (χ0n) is 17.3. The summed E-state index contributed by atoms with van der Waals surface area (Å²) in [5.74, 6) is 0.426. The second-order valence-corrected chi connectivity index (χ2v) is 8.10. The quantitative estimate of drug-likeness (QED) is 0.303. The highest BCUT2D eigenvalue weighted by molar-refractivity contribution is 7.99. The smallest absolute Gasteiger partial charge is 0.339 e. The molecule has 0 aliphatic carbocycles. The standard InChI is InChI=1S/C22H19ClN4O4S/c1-3-27-20(18-11-13-10-14(23)8-9-17(13)31-18)25-26-22(27)32-12-19(28)24-16-7-5-4-6-15(16)21(29)30-2/h4-11H,3,12H2,1-2H3,(H,24,28). The van der Waals surface area contributed by atoms with E-state index in [1.165, 1.54) is 18.9 Å². The van der Waals surface area contributed by atoms with Gasteiger partial charge in [-0.3, -0.25) is 9.36 Å². The Morgan fingerprint density at radius 1 is 1.19 bits per heavy atom. The van der Waals surface area contributed by atoms with Crippen LogP contribution < -0.4 is 5.32 Å². The number of rotatable bonds is 7. The molecule has 2 aromatic carbocycles. The van der Waals surface area contributed by atoms with Crippen LogP contribution in [0.2, 0.25) is 5.02 Å². The molecule has 0 fully saturated rings. The van der Waals surface area contributed by atoms with Crippen LogP contribution in [-0.2, 0) is 16.1 Å². The number of esters is 1. The number of furan rings is 1. The van der Waals surface area contributed by atoms with E-state index in [1.807, 2.05) is 23.6 Å². The van der Waals surface area contributed by atoms with E-state index in [4.69, 9.17) is 20.8 Å². The maximum absolute atomic E-state index is 12.5. The number of methoxy groups -OCH3 is 1. The van der Waals surface area contributed by atoms with Gasteiger partial charge in [0.25, 0.3) is 0 Å². The Balaban J connectivity index is 1.49. The van der Waals surface area contributed by atoms with Crippen molar-refractivity contribution in [3.8, 4) is 11.6 Å². The van der Waals surface area contributed by atoms with Gasteiger partial charge >= 0.3 is 5.97 Å². The maximum Gasteiger partial charge on any atom is 0.339 e. The molecule has 0 atom stereocenters. The lowest BCUT2D eigenvalue weighted by Crippen LogP contribution is -2.17. The number of hydrogen-bond acceptors (Lipinski definition) is 7. The van der Waals surface area contributed by atoms with Gasteiger partial charge in [0.1, 0.15) is 5.58 Å². The fraction of sp³-hybridized carbons (Fsp3) is 0.182. The molecular weight excluding hydrogens is 452 g/mol. The highest BCUT2D eigenvalue weighted by Gasteiger charge is 2.19. The largest absolute Gasteiger partial charge is 0.465 e. The summed E-state index contributed by atoms with van der Waals surface area (Å²) in [5, 5.41) is 13.3. The van der Waals surface area contributed by atoms with Crippen LogP contribution in [0.5, 0.6) is 0 Å². The number of carbonyl (C=O) groups excluding carboxylic acids is 2. The number of ether oxygens (including phenoxy) is 1. The second kappa shape index (κ2) is 9.46. The lowest BCUT2D eigenvalue weighted by Gasteiger charge is -2.09. The maximum atomic E-state index is 12.5. The molecule has 0 radical (unpaired) electrons. The lowest BCUT2D eigenvalue weighted by atomic mass is 10.2. The third-order valence-corrected chi connectivity index (χ3v) is 5.87. The average molecular weight is 471 g/mol. The fourth-order valence-corrected chi connectivity index (χ4v) is 4.17. The summed E-state index contributed by atoms with van der Waals surface area (Å²) >= 11 is 7.30. The van der Waals surface area contributed by atoms with Crippen molar-refractivity contribution in [3.63, 3.8) is 0 Å². The van der Waals surface area contributed by atoms with Crippen molar-refractivity contribution in [2.24, 2.45) is 0 Å². The summed E-state index contributed by atoms with van der Waals surface area (Å²) < 4.78 is 12.5. The number of aromatic nitrogens is 3. The number of anilines is 1. The summed E-state index contributed by atoms with van der Waals surface area (Å²) in [5.41, 5.74) is 1.38. The van der Waals surface area contributed by atoms with E-state index in [0.29, 0.717) is 39.6 Å².